The number of hydrogen-bond acceptors (Lipinski definition) is 4. The SMILES string of the molecule is O=C[C@H](NC(=O)c1c[nH]c2ncc(C3CC3)nc12)C1CC1. The maximum absolute atomic E-state index is 12.4. The van der Waals surface area contributed by atoms with Crippen molar-refractivity contribution in [2.75, 3.05) is 0 Å². The van der Waals surface area contributed by atoms with Gasteiger partial charge in [0.05, 0.1) is 23.5 Å². The summed E-state index contributed by atoms with van der Waals surface area (Å²) in [5, 5.41) is 2.79. The van der Waals surface area contributed by atoms with Crippen LogP contribution in [0.2, 0.25) is 0 Å². The van der Waals surface area contributed by atoms with E-state index in [0.717, 1.165) is 37.7 Å². The van der Waals surface area contributed by atoms with Gasteiger partial charge in [0.1, 0.15) is 11.8 Å². The number of hydrogen-bond donors (Lipinski definition) is 2. The average molecular weight is 284 g/mol. The van der Waals surface area contributed by atoms with Crippen molar-refractivity contribution >= 4 is 23.4 Å². The molecule has 1 atom stereocenters. The summed E-state index contributed by atoms with van der Waals surface area (Å²) in [5.74, 6) is 0.527. The zero-order chi connectivity index (χ0) is 14.4. The Bertz CT molecular complexity index is 716. The fourth-order valence-electron chi connectivity index (χ4n) is 2.60. The van der Waals surface area contributed by atoms with Crippen LogP contribution in [0.5, 0.6) is 0 Å². The van der Waals surface area contributed by atoms with E-state index >= 15 is 0 Å². The third-order valence-corrected chi connectivity index (χ3v) is 4.21. The topological polar surface area (TPSA) is 87.7 Å². The first-order valence-electron chi connectivity index (χ1n) is 7.36. The maximum Gasteiger partial charge on any atom is 0.255 e. The normalized spacial score (nSPS) is 19.4. The van der Waals surface area contributed by atoms with E-state index in [1.807, 2.05) is 0 Å². The number of carbonyl (C=O) groups excluding carboxylic acids is 2. The molecule has 0 radical (unpaired) electrons. The largest absolute Gasteiger partial charge is 0.344 e. The van der Waals surface area contributed by atoms with Gasteiger partial charge in [0.2, 0.25) is 0 Å². The van der Waals surface area contributed by atoms with Gasteiger partial charge in [0.15, 0.2) is 5.65 Å². The van der Waals surface area contributed by atoms with Crippen molar-refractivity contribution in [2.45, 2.75) is 37.6 Å². The third kappa shape index (κ3) is 2.30. The van der Waals surface area contributed by atoms with Crippen LogP contribution in [-0.2, 0) is 4.79 Å². The Kier molecular flexibility index (Phi) is 2.77. The second-order valence-electron chi connectivity index (χ2n) is 5.94. The molecule has 0 spiro atoms. The van der Waals surface area contributed by atoms with Crippen LogP contribution in [0.1, 0.15) is 47.7 Å². The predicted molar refractivity (Wildman–Crippen MR) is 75.9 cm³/mol. The average Bonchev–Trinajstić information content (AvgIpc) is 3.40. The smallest absolute Gasteiger partial charge is 0.255 e. The first kappa shape index (κ1) is 12.5. The van der Waals surface area contributed by atoms with Crippen molar-refractivity contribution < 1.29 is 9.59 Å². The number of aromatic amines is 1. The highest BCUT2D eigenvalue weighted by atomic mass is 16.2. The van der Waals surface area contributed by atoms with Crippen LogP contribution >= 0.6 is 0 Å². The van der Waals surface area contributed by atoms with Crippen LogP contribution in [0.3, 0.4) is 0 Å². The third-order valence-electron chi connectivity index (χ3n) is 4.21. The Balaban J connectivity index is 1.63. The molecule has 2 aliphatic rings. The summed E-state index contributed by atoms with van der Waals surface area (Å²) in [7, 11) is 0. The molecular weight excluding hydrogens is 268 g/mol. The molecule has 2 N–H and O–H groups in total. The molecule has 0 aliphatic heterocycles. The lowest BCUT2D eigenvalue weighted by Gasteiger charge is -2.10. The zero-order valence-electron chi connectivity index (χ0n) is 11.5. The molecule has 2 aromatic rings. The van der Waals surface area contributed by atoms with Crippen molar-refractivity contribution in [2.24, 2.45) is 5.92 Å². The molecule has 0 aromatic carbocycles. The zero-order valence-corrected chi connectivity index (χ0v) is 11.5. The van der Waals surface area contributed by atoms with E-state index in [-0.39, 0.29) is 11.9 Å². The lowest BCUT2D eigenvalue weighted by atomic mass is 10.2. The monoisotopic (exact) mass is 284 g/mol. The molecular formula is C15H16N4O2. The van der Waals surface area contributed by atoms with Crippen molar-refractivity contribution in [1.82, 2.24) is 20.3 Å². The van der Waals surface area contributed by atoms with Gasteiger partial charge in [-0.15, -0.1) is 0 Å². The lowest BCUT2D eigenvalue weighted by Crippen LogP contribution is -2.37. The molecule has 2 saturated carbocycles. The highest BCUT2D eigenvalue weighted by Crippen LogP contribution is 2.39. The lowest BCUT2D eigenvalue weighted by molar-refractivity contribution is -0.109. The highest BCUT2D eigenvalue weighted by Gasteiger charge is 2.33. The minimum absolute atomic E-state index is 0.257. The summed E-state index contributed by atoms with van der Waals surface area (Å²) in [6.07, 6.45) is 8.50. The number of H-pyrrole nitrogens is 1. The molecule has 6 nitrogen and oxygen atoms in total. The van der Waals surface area contributed by atoms with E-state index in [4.69, 9.17) is 0 Å². The van der Waals surface area contributed by atoms with Gasteiger partial charge in [0, 0.05) is 12.1 Å². The second kappa shape index (κ2) is 4.65. The van der Waals surface area contributed by atoms with E-state index in [9.17, 15) is 9.59 Å². The Morgan fingerprint density at radius 2 is 2.19 bits per heavy atom. The molecule has 0 bridgehead atoms. The van der Waals surface area contributed by atoms with Crippen molar-refractivity contribution in [1.29, 1.82) is 0 Å². The van der Waals surface area contributed by atoms with Gasteiger partial charge >= 0.3 is 0 Å². The van der Waals surface area contributed by atoms with Crippen LogP contribution < -0.4 is 5.32 Å². The summed E-state index contributed by atoms with van der Waals surface area (Å²) in [5.41, 5.74) is 2.62. The van der Waals surface area contributed by atoms with Crippen molar-refractivity contribution in [3.63, 3.8) is 0 Å². The molecule has 2 fully saturated rings. The van der Waals surface area contributed by atoms with Crippen molar-refractivity contribution in [3.8, 4) is 0 Å². The van der Waals surface area contributed by atoms with Crippen LogP contribution in [0.4, 0.5) is 0 Å². The fraction of sp³-hybridized carbons (Fsp3) is 0.467. The first-order valence-corrected chi connectivity index (χ1v) is 7.36. The van der Waals surface area contributed by atoms with Crippen LogP contribution in [-0.4, -0.2) is 33.2 Å². The van der Waals surface area contributed by atoms with E-state index in [2.05, 4.69) is 20.3 Å². The minimum atomic E-state index is -0.387. The Morgan fingerprint density at radius 3 is 2.86 bits per heavy atom. The summed E-state index contributed by atoms with van der Waals surface area (Å²) < 4.78 is 0. The number of nitrogens with one attached hydrogen (secondary N) is 2. The summed E-state index contributed by atoms with van der Waals surface area (Å²) in [6.45, 7) is 0. The number of carbonyl (C=O) groups is 2. The van der Waals surface area contributed by atoms with Gasteiger partial charge in [0.25, 0.3) is 5.91 Å². The first-order chi connectivity index (χ1) is 10.3. The minimum Gasteiger partial charge on any atom is -0.344 e. The molecule has 108 valence electrons. The molecule has 4 rings (SSSR count). The van der Waals surface area contributed by atoms with Gasteiger partial charge in [-0.2, -0.15) is 0 Å². The van der Waals surface area contributed by atoms with Crippen molar-refractivity contribution in [3.05, 3.63) is 23.7 Å². The summed E-state index contributed by atoms with van der Waals surface area (Å²) in [4.78, 5) is 35.3. The molecule has 2 aliphatic carbocycles. The van der Waals surface area contributed by atoms with Gasteiger partial charge in [-0.3, -0.25) is 4.79 Å². The molecule has 0 unspecified atom stereocenters. The molecule has 2 aromatic heterocycles. The molecule has 0 saturated heterocycles. The van der Waals surface area contributed by atoms with Crippen LogP contribution in [0, 0.1) is 5.92 Å². The highest BCUT2D eigenvalue weighted by molar-refractivity contribution is 6.05. The van der Waals surface area contributed by atoms with E-state index in [0.29, 0.717) is 28.6 Å². The van der Waals surface area contributed by atoms with Gasteiger partial charge in [-0.05, 0) is 31.6 Å². The van der Waals surface area contributed by atoms with Crippen LogP contribution in [0.15, 0.2) is 12.4 Å². The molecule has 2 heterocycles. The number of nitrogens with zero attached hydrogens (tertiary/aromatic N) is 2. The van der Waals surface area contributed by atoms with E-state index in [1.165, 1.54) is 0 Å². The summed E-state index contributed by atoms with van der Waals surface area (Å²) >= 11 is 0. The Hall–Kier alpha value is -2.24. The summed E-state index contributed by atoms with van der Waals surface area (Å²) in [6, 6.07) is -0.387. The maximum atomic E-state index is 12.4. The van der Waals surface area contributed by atoms with Gasteiger partial charge < -0.3 is 15.1 Å². The van der Waals surface area contributed by atoms with Crippen LogP contribution in [0.25, 0.3) is 11.2 Å². The van der Waals surface area contributed by atoms with Gasteiger partial charge in [-0.25, -0.2) is 9.97 Å². The van der Waals surface area contributed by atoms with E-state index < -0.39 is 0 Å². The van der Waals surface area contributed by atoms with Gasteiger partial charge in [-0.1, -0.05) is 0 Å². The standard InChI is InChI=1S/C15H16N4O2/c20-7-12(9-3-4-9)19-15(21)10-5-16-14-13(10)18-11(6-17-14)8-1-2-8/h5-9,12H,1-4H2,(H,16,17)(H,19,21)/t12-/m0/s1. The number of aldehydes is 1. The molecule has 1 amide bonds. The molecule has 21 heavy (non-hydrogen) atoms. The predicted octanol–water partition coefficient (Wildman–Crippen LogP) is 1.54. The number of amides is 1. The molecule has 6 heteroatoms. The second-order valence-corrected chi connectivity index (χ2v) is 5.94. The number of rotatable bonds is 5. The Labute approximate surface area is 121 Å². The number of fused-ring (bicyclic) bond motifs is 1. The number of aromatic nitrogens is 3. The Morgan fingerprint density at radius 1 is 1.38 bits per heavy atom. The van der Waals surface area contributed by atoms with E-state index in [1.54, 1.807) is 12.4 Å². The quantitative estimate of drug-likeness (QED) is 0.815. The fourth-order valence-corrected chi connectivity index (χ4v) is 2.60.